The lowest BCUT2D eigenvalue weighted by Crippen LogP contribution is -2.30. The van der Waals surface area contributed by atoms with Crippen LogP contribution in [-0.2, 0) is 14.8 Å². The molecule has 0 spiro atoms. The topological polar surface area (TPSA) is 86.7 Å². The molecule has 0 aromatic carbocycles. The second kappa shape index (κ2) is 5.94. The number of carboxylic acids is 1. The Morgan fingerprint density at radius 1 is 1.50 bits per heavy atom. The quantitative estimate of drug-likeness (QED) is 0.538. The van der Waals surface area contributed by atoms with Crippen LogP contribution in [0.5, 0.6) is 0 Å². The Hall–Kier alpha value is -0.660. The third kappa shape index (κ3) is 6.81. The van der Waals surface area contributed by atoms with Gasteiger partial charge in [-0.15, -0.1) is 0 Å². The van der Waals surface area contributed by atoms with Crippen LogP contribution in [0.2, 0.25) is 0 Å². The molecule has 0 fully saturated rings. The molecule has 0 radical (unpaired) electrons. The van der Waals surface area contributed by atoms with Crippen molar-refractivity contribution in [1.29, 1.82) is 0 Å². The van der Waals surface area contributed by atoms with Gasteiger partial charge < -0.3 is 10.4 Å². The zero-order valence-corrected chi connectivity index (χ0v) is 9.17. The van der Waals surface area contributed by atoms with E-state index in [4.69, 9.17) is 5.11 Å². The lowest BCUT2D eigenvalue weighted by Gasteiger charge is -2.13. The van der Waals surface area contributed by atoms with Gasteiger partial charge in [0.05, 0.1) is 12.8 Å². The van der Waals surface area contributed by atoms with Gasteiger partial charge in [-0.05, 0) is 13.0 Å². The first-order chi connectivity index (χ1) is 6.34. The minimum Gasteiger partial charge on any atom is -0.480 e. The molecule has 0 aliphatic carbocycles. The lowest BCUT2D eigenvalue weighted by atomic mass is 10.4. The summed E-state index contributed by atoms with van der Waals surface area (Å²) in [5.41, 5.74) is 0. The Balaban J connectivity index is 3.51. The Morgan fingerprint density at radius 3 is 2.50 bits per heavy atom. The van der Waals surface area contributed by atoms with E-state index in [-0.39, 0.29) is 6.54 Å². The number of sulfonamides is 1. The molecule has 0 unspecified atom stereocenters. The molecule has 7 heteroatoms. The molecule has 0 aromatic heterocycles. The molecule has 0 aromatic rings. The van der Waals surface area contributed by atoms with Gasteiger partial charge in [0.1, 0.15) is 0 Å². The minimum absolute atomic E-state index is 0.0947. The first-order valence-corrected chi connectivity index (χ1v) is 6.02. The maximum atomic E-state index is 10.9. The molecule has 0 rings (SSSR count). The number of nitrogens with one attached hydrogen (secondary N) is 1. The summed E-state index contributed by atoms with van der Waals surface area (Å²) >= 11 is 0. The lowest BCUT2D eigenvalue weighted by molar-refractivity contribution is -0.135. The summed E-state index contributed by atoms with van der Waals surface area (Å²) < 4.78 is 23.1. The third-order valence-corrected chi connectivity index (χ3v) is 2.98. The predicted molar refractivity (Wildman–Crippen MR) is 52.6 cm³/mol. The maximum Gasteiger partial charge on any atom is 0.317 e. The van der Waals surface area contributed by atoms with Gasteiger partial charge in [-0.1, -0.05) is 0 Å². The van der Waals surface area contributed by atoms with E-state index in [0.717, 1.165) is 6.26 Å². The smallest absolute Gasteiger partial charge is 0.317 e. The highest BCUT2D eigenvalue weighted by Gasteiger charge is 2.09. The van der Waals surface area contributed by atoms with E-state index in [2.05, 4.69) is 5.32 Å². The van der Waals surface area contributed by atoms with Gasteiger partial charge in [-0.25, -0.2) is 12.7 Å². The minimum atomic E-state index is -3.12. The number of hydrogen-bond donors (Lipinski definition) is 2. The number of carboxylic acid groups (broad SMARTS) is 1. The van der Waals surface area contributed by atoms with Gasteiger partial charge in [0.15, 0.2) is 0 Å². The van der Waals surface area contributed by atoms with Gasteiger partial charge in [-0.3, -0.25) is 4.79 Å². The highest BCUT2D eigenvalue weighted by Crippen LogP contribution is 1.93. The summed E-state index contributed by atoms with van der Waals surface area (Å²) in [6.45, 7) is 0.792. The fourth-order valence-electron chi connectivity index (χ4n) is 0.788. The third-order valence-electron chi connectivity index (χ3n) is 1.67. The summed E-state index contributed by atoms with van der Waals surface area (Å²) in [6, 6.07) is 0. The Morgan fingerprint density at radius 2 is 2.07 bits per heavy atom. The van der Waals surface area contributed by atoms with E-state index in [0.29, 0.717) is 19.5 Å². The molecule has 6 nitrogen and oxygen atoms in total. The highest BCUT2D eigenvalue weighted by atomic mass is 32.2. The zero-order valence-electron chi connectivity index (χ0n) is 8.36. The molecule has 0 aliphatic rings. The van der Waals surface area contributed by atoms with E-state index < -0.39 is 16.0 Å². The molecular weight excluding hydrogens is 208 g/mol. The normalized spacial score (nSPS) is 11.9. The summed E-state index contributed by atoms with van der Waals surface area (Å²) in [6.07, 6.45) is 1.73. The highest BCUT2D eigenvalue weighted by molar-refractivity contribution is 7.88. The van der Waals surface area contributed by atoms with Crippen molar-refractivity contribution in [3.05, 3.63) is 0 Å². The molecule has 0 saturated carbocycles. The molecule has 0 saturated heterocycles. The van der Waals surface area contributed by atoms with E-state index in [1.807, 2.05) is 0 Å². The maximum absolute atomic E-state index is 10.9. The molecule has 0 bridgehead atoms. The Bertz CT molecular complexity index is 275. The van der Waals surface area contributed by atoms with Crippen LogP contribution >= 0.6 is 0 Å². The summed E-state index contributed by atoms with van der Waals surface area (Å²) in [4.78, 5) is 10.1. The number of hydrogen-bond acceptors (Lipinski definition) is 4. The van der Waals surface area contributed by atoms with Crippen molar-refractivity contribution in [2.45, 2.75) is 6.42 Å². The van der Waals surface area contributed by atoms with Crippen molar-refractivity contribution in [3.63, 3.8) is 0 Å². The van der Waals surface area contributed by atoms with Gasteiger partial charge >= 0.3 is 5.97 Å². The van der Waals surface area contributed by atoms with Gasteiger partial charge in [0, 0.05) is 13.6 Å². The van der Waals surface area contributed by atoms with E-state index in [1.165, 1.54) is 11.4 Å². The monoisotopic (exact) mass is 224 g/mol. The van der Waals surface area contributed by atoms with Crippen LogP contribution in [-0.4, -0.2) is 56.7 Å². The fourth-order valence-corrected chi connectivity index (χ4v) is 1.25. The van der Waals surface area contributed by atoms with Crippen LogP contribution in [0.15, 0.2) is 0 Å². The molecule has 0 atom stereocenters. The van der Waals surface area contributed by atoms with Crippen LogP contribution in [0.3, 0.4) is 0 Å². The van der Waals surface area contributed by atoms with Crippen molar-refractivity contribution >= 4 is 16.0 Å². The van der Waals surface area contributed by atoms with Crippen molar-refractivity contribution < 1.29 is 18.3 Å². The Kier molecular flexibility index (Phi) is 5.66. The van der Waals surface area contributed by atoms with Crippen molar-refractivity contribution in [3.8, 4) is 0 Å². The first kappa shape index (κ1) is 13.3. The second-order valence-corrected chi connectivity index (χ2v) is 5.10. The van der Waals surface area contributed by atoms with Gasteiger partial charge in [-0.2, -0.15) is 0 Å². The molecule has 0 amide bonds. The standard InChI is InChI=1S/C7H16N2O4S/c1-9(14(2,12)13)5-3-4-8-6-7(10)11/h8H,3-6H2,1-2H3,(H,10,11). The van der Waals surface area contributed by atoms with Gasteiger partial charge in [0.25, 0.3) is 0 Å². The van der Waals surface area contributed by atoms with Crippen LogP contribution < -0.4 is 5.32 Å². The van der Waals surface area contributed by atoms with E-state index >= 15 is 0 Å². The van der Waals surface area contributed by atoms with Crippen LogP contribution in [0, 0.1) is 0 Å². The van der Waals surface area contributed by atoms with Crippen molar-refractivity contribution in [2.75, 3.05) is 32.9 Å². The SMILES string of the molecule is CN(CCCNCC(=O)O)S(C)(=O)=O. The van der Waals surface area contributed by atoms with Crippen LogP contribution in [0.25, 0.3) is 0 Å². The molecule has 84 valence electrons. The fraction of sp³-hybridized carbons (Fsp3) is 0.857. The number of nitrogens with zero attached hydrogens (tertiary/aromatic N) is 1. The summed E-state index contributed by atoms with van der Waals surface area (Å²) in [5.74, 6) is -0.915. The largest absolute Gasteiger partial charge is 0.480 e. The molecule has 0 heterocycles. The first-order valence-electron chi connectivity index (χ1n) is 4.18. The number of carbonyl (C=O) groups is 1. The number of rotatable bonds is 7. The van der Waals surface area contributed by atoms with Crippen LogP contribution in [0.1, 0.15) is 6.42 Å². The molecule has 0 aliphatic heterocycles. The summed E-state index contributed by atoms with van der Waals surface area (Å²) in [7, 11) is -1.62. The van der Waals surface area contributed by atoms with Gasteiger partial charge in [0.2, 0.25) is 10.0 Å². The van der Waals surface area contributed by atoms with Crippen LogP contribution in [0.4, 0.5) is 0 Å². The predicted octanol–water partition coefficient (Wildman–Crippen LogP) is -1.06. The number of aliphatic carboxylic acids is 1. The second-order valence-electron chi connectivity index (χ2n) is 3.01. The van der Waals surface area contributed by atoms with E-state index in [9.17, 15) is 13.2 Å². The van der Waals surface area contributed by atoms with Crippen molar-refractivity contribution in [1.82, 2.24) is 9.62 Å². The summed E-state index contributed by atoms with van der Waals surface area (Å²) in [5, 5.41) is 11.0. The Labute approximate surface area is 84.0 Å². The zero-order chi connectivity index (χ0) is 11.2. The van der Waals surface area contributed by atoms with E-state index in [1.54, 1.807) is 0 Å². The molecular formula is C7H16N2O4S. The molecule has 2 N–H and O–H groups in total. The average Bonchev–Trinajstić information content (AvgIpc) is 2.01. The van der Waals surface area contributed by atoms with Crippen molar-refractivity contribution in [2.24, 2.45) is 0 Å². The average molecular weight is 224 g/mol. The molecule has 14 heavy (non-hydrogen) atoms.